The van der Waals surface area contributed by atoms with E-state index < -0.39 is 11.6 Å². The molecule has 1 fully saturated rings. The summed E-state index contributed by atoms with van der Waals surface area (Å²) in [6, 6.07) is 6.01. The van der Waals surface area contributed by atoms with Crippen LogP contribution in [0.1, 0.15) is 30.6 Å². The quantitative estimate of drug-likeness (QED) is 0.684. The number of amides is 3. The van der Waals surface area contributed by atoms with Crippen molar-refractivity contribution >= 4 is 29.3 Å². The van der Waals surface area contributed by atoms with Crippen LogP contribution in [0.25, 0.3) is 0 Å². The Morgan fingerprint density at radius 1 is 1.35 bits per heavy atom. The lowest BCUT2D eigenvalue weighted by Gasteiger charge is -2.19. The number of halogens is 1. The third-order valence-electron chi connectivity index (χ3n) is 3.53. The maximum atomic E-state index is 12.2. The highest BCUT2D eigenvalue weighted by Gasteiger charge is 2.47. The van der Waals surface area contributed by atoms with Crippen LogP contribution in [0.4, 0.5) is 4.79 Å². The van der Waals surface area contributed by atoms with E-state index in [0.29, 0.717) is 17.0 Å². The van der Waals surface area contributed by atoms with Crippen molar-refractivity contribution in [2.45, 2.75) is 25.8 Å². The molecule has 1 unspecified atom stereocenters. The molecule has 1 atom stereocenters. The predicted molar refractivity (Wildman–Crippen MR) is 74.7 cm³/mol. The standard InChI is InChI=1S/C14H15ClN2O3/c1-3-14(2)12(19)17(13(20)16-14)8-11(18)9-6-4-5-7-10(9)15/h4-7H,3,8H2,1-2H3,(H,16,20). The first-order valence-corrected chi connectivity index (χ1v) is 6.68. The van der Waals surface area contributed by atoms with Gasteiger partial charge in [0.05, 0.1) is 11.6 Å². The summed E-state index contributed by atoms with van der Waals surface area (Å²) in [4.78, 5) is 37.1. The highest BCUT2D eigenvalue weighted by Crippen LogP contribution is 2.22. The van der Waals surface area contributed by atoms with Crippen LogP contribution in [-0.2, 0) is 4.79 Å². The minimum Gasteiger partial charge on any atom is -0.323 e. The molecular formula is C14H15ClN2O3. The van der Waals surface area contributed by atoms with Crippen molar-refractivity contribution in [1.82, 2.24) is 10.2 Å². The predicted octanol–water partition coefficient (Wildman–Crippen LogP) is 2.24. The van der Waals surface area contributed by atoms with E-state index in [4.69, 9.17) is 11.6 Å². The zero-order valence-electron chi connectivity index (χ0n) is 11.3. The Balaban J connectivity index is 2.19. The molecule has 0 saturated carbocycles. The molecule has 6 heteroatoms. The first kappa shape index (κ1) is 14.5. The average molecular weight is 295 g/mol. The Bertz CT molecular complexity index is 588. The number of rotatable bonds is 4. The Hall–Kier alpha value is -1.88. The SMILES string of the molecule is CCC1(C)NC(=O)N(CC(=O)c2ccccc2Cl)C1=O. The smallest absolute Gasteiger partial charge is 0.323 e. The number of hydrogen-bond donors (Lipinski definition) is 1. The summed E-state index contributed by atoms with van der Waals surface area (Å²) >= 11 is 5.94. The fourth-order valence-electron chi connectivity index (χ4n) is 2.05. The average Bonchev–Trinajstić information content (AvgIpc) is 2.63. The number of imide groups is 1. The second-order valence-electron chi connectivity index (χ2n) is 4.91. The molecule has 106 valence electrons. The molecule has 0 spiro atoms. The number of carbonyl (C=O) groups is 3. The van der Waals surface area contributed by atoms with Crippen LogP contribution in [0.5, 0.6) is 0 Å². The van der Waals surface area contributed by atoms with Crippen LogP contribution >= 0.6 is 11.6 Å². The van der Waals surface area contributed by atoms with Gasteiger partial charge >= 0.3 is 6.03 Å². The lowest BCUT2D eigenvalue weighted by Crippen LogP contribution is -2.43. The number of nitrogens with one attached hydrogen (secondary N) is 1. The molecule has 1 N–H and O–H groups in total. The van der Waals surface area contributed by atoms with Gasteiger partial charge in [0, 0.05) is 5.56 Å². The Labute approximate surface area is 121 Å². The highest BCUT2D eigenvalue weighted by atomic mass is 35.5. The molecule has 1 saturated heterocycles. The van der Waals surface area contributed by atoms with E-state index in [2.05, 4.69) is 5.32 Å². The fraction of sp³-hybridized carbons (Fsp3) is 0.357. The summed E-state index contributed by atoms with van der Waals surface area (Å²) in [7, 11) is 0. The molecular weight excluding hydrogens is 280 g/mol. The number of nitrogens with zero attached hydrogens (tertiary/aromatic N) is 1. The van der Waals surface area contributed by atoms with E-state index >= 15 is 0 Å². The van der Waals surface area contributed by atoms with E-state index in [1.165, 1.54) is 0 Å². The molecule has 2 rings (SSSR count). The van der Waals surface area contributed by atoms with Crippen LogP contribution < -0.4 is 5.32 Å². The summed E-state index contributed by atoms with van der Waals surface area (Å²) < 4.78 is 0. The number of hydrogen-bond acceptors (Lipinski definition) is 3. The molecule has 0 aliphatic carbocycles. The van der Waals surface area contributed by atoms with Gasteiger partial charge in [-0.25, -0.2) is 4.79 Å². The van der Waals surface area contributed by atoms with Crippen molar-refractivity contribution in [3.05, 3.63) is 34.9 Å². The molecule has 0 aromatic heterocycles. The van der Waals surface area contributed by atoms with Gasteiger partial charge in [-0.3, -0.25) is 14.5 Å². The third kappa shape index (κ3) is 2.41. The minimum atomic E-state index is -0.933. The van der Waals surface area contributed by atoms with Gasteiger partial charge in [0.2, 0.25) is 0 Å². The van der Waals surface area contributed by atoms with Gasteiger partial charge in [-0.05, 0) is 25.5 Å². The van der Waals surface area contributed by atoms with Crippen molar-refractivity contribution in [2.75, 3.05) is 6.54 Å². The maximum Gasteiger partial charge on any atom is 0.325 e. The van der Waals surface area contributed by atoms with Gasteiger partial charge in [0.15, 0.2) is 5.78 Å². The van der Waals surface area contributed by atoms with Gasteiger partial charge in [-0.15, -0.1) is 0 Å². The summed E-state index contributed by atoms with van der Waals surface area (Å²) in [5.41, 5.74) is -0.627. The molecule has 3 amide bonds. The van der Waals surface area contributed by atoms with Crippen molar-refractivity contribution in [2.24, 2.45) is 0 Å². The normalized spacial score (nSPS) is 22.1. The third-order valence-corrected chi connectivity index (χ3v) is 3.86. The van der Waals surface area contributed by atoms with Crippen molar-refractivity contribution in [3.63, 3.8) is 0 Å². The van der Waals surface area contributed by atoms with E-state index in [1.807, 2.05) is 0 Å². The van der Waals surface area contributed by atoms with Gasteiger partial charge < -0.3 is 5.32 Å². The summed E-state index contributed by atoms with van der Waals surface area (Å²) in [6.07, 6.45) is 0.467. The monoisotopic (exact) mass is 294 g/mol. The van der Waals surface area contributed by atoms with E-state index in [-0.39, 0.29) is 18.2 Å². The van der Waals surface area contributed by atoms with Crippen molar-refractivity contribution in [3.8, 4) is 0 Å². The first-order chi connectivity index (χ1) is 9.39. The lowest BCUT2D eigenvalue weighted by atomic mass is 9.99. The number of carbonyl (C=O) groups excluding carboxylic acids is 3. The van der Waals surface area contributed by atoms with Crippen LogP contribution in [0.15, 0.2) is 24.3 Å². The van der Waals surface area contributed by atoms with Crippen LogP contribution in [0, 0.1) is 0 Å². The topological polar surface area (TPSA) is 66.5 Å². The molecule has 1 heterocycles. The van der Waals surface area contributed by atoms with E-state index in [1.54, 1.807) is 38.1 Å². The Morgan fingerprint density at radius 3 is 2.55 bits per heavy atom. The first-order valence-electron chi connectivity index (χ1n) is 6.31. The Morgan fingerprint density at radius 2 is 2.00 bits per heavy atom. The van der Waals surface area contributed by atoms with Crippen LogP contribution in [-0.4, -0.2) is 34.7 Å². The fourth-order valence-corrected chi connectivity index (χ4v) is 2.29. The molecule has 1 aromatic rings. The minimum absolute atomic E-state index is 0.302. The van der Waals surface area contributed by atoms with Crippen LogP contribution in [0.3, 0.4) is 0 Å². The molecule has 0 bridgehead atoms. The molecule has 5 nitrogen and oxygen atoms in total. The second-order valence-corrected chi connectivity index (χ2v) is 5.32. The zero-order chi connectivity index (χ0) is 14.9. The van der Waals surface area contributed by atoms with E-state index in [0.717, 1.165) is 4.90 Å². The van der Waals surface area contributed by atoms with Gasteiger partial charge in [-0.1, -0.05) is 30.7 Å². The van der Waals surface area contributed by atoms with Gasteiger partial charge in [0.1, 0.15) is 5.54 Å². The lowest BCUT2D eigenvalue weighted by molar-refractivity contribution is -0.130. The maximum absolute atomic E-state index is 12.2. The summed E-state index contributed by atoms with van der Waals surface area (Å²) in [6.45, 7) is 3.15. The van der Waals surface area contributed by atoms with Crippen molar-refractivity contribution < 1.29 is 14.4 Å². The van der Waals surface area contributed by atoms with Crippen molar-refractivity contribution in [1.29, 1.82) is 0 Å². The largest absolute Gasteiger partial charge is 0.325 e. The molecule has 1 aliphatic rings. The number of Topliss-reactive ketones (excluding diaryl/α,β-unsaturated/α-hetero) is 1. The molecule has 20 heavy (non-hydrogen) atoms. The van der Waals surface area contributed by atoms with Gasteiger partial charge in [0.25, 0.3) is 5.91 Å². The number of urea groups is 1. The second kappa shape index (κ2) is 5.25. The highest BCUT2D eigenvalue weighted by molar-refractivity contribution is 6.34. The number of ketones is 1. The molecule has 0 radical (unpaired) electrons. The Kier molecular flexibility index (Phi) is 3.81. The molecule has 1 aromatic carbocycles. The molecule has 1 aliphatic heterocycles. The van der Waals surface area contributed by atoms with Crippen LogP contribution in [0.2, 0.25) is 5.02 Å². The van der Waals surface area contributed by atoms with Gasteiger partial charge in [-0.2, -0.15) is 0 Å². The summed E-state index contributed by atoms with van der Waals surface area (Å²) in [5, 5.41) is 2.91. The summed E-state index contributed by atoms with van der Waals surface area (Å²) in [5.74, 6) is -0.746. The van der Waals surface area contributed by atoms with E-state index in [9.17, 15) is 14.4 Å². The number of benzene rings is 1. The zero-order valence-corrected chi connectivity index (χ0v) is 12.0.